The van der Waals surface area contributed by atoms with Gasteiger partial charge in [-0.15, -0.1) is 0 Å². The van der Waals surface area contributed by atoms with Crippen LogP contribution < -0.4 is 5.19 Å². The highest BCUT2D eigenvalue weighted by Gasteiger charge is 2.47. The van der Waals surface area contributed by atoms with Gasteiger partial charge in [-0.2, -0.15) is 0 Å². The van der Waals surface area contributed by atoms with E-state index >= 15 is 0 Å². The summed E-state index contributed by atoms with van der Waals surface area (Å²) < 4.78 is 28.4. The van der Waals surface area contributed by atoms with Crippen LogP contribution in [0.5, 0.6) is 0 Å². The molecule has 0 heterocycles. The van der Waals surface area contributed by atoms with Gasteiger partial charge in [0.05, 0.1) is 0 Å². The SMILES string of the molecule is CC(C)[Si](c1c(F)cccc1F)(C(C)C)C(C)C. The van der Waals surface area contributed by atoms with Gasteiger partial charge < -0.3 is 0 Å². The van der Waals surface area contributed by atoms with Crippen LogP contribution in [0, 0.1) is 11.6 Å². The molecule has 3 heteroatoms. The van der Waals surface area contributed by atoms with Gasteiger partial charge >= 0.3 is 0 Å². The molecule has 0 nitrogen and oxygen atoms in total. The molecule has 0 saturated carbocycles. The van der Waals surface area contributed by atoms with Crippen molar-refractivity contribution in [1.29, 1.82) is 0 Å². The Morgan fingerprint density at radius 1 is 0.778 bits per heavy atom. The maximum atomic E-state index is 14.2. The molecular formula is C15H24F2Si. The first-order valence-corrected chi connectivity index (χ1v) is 8.93. The van der Waals surface area contributed by atoms with Crippen LogP contribution in [-0.4, -0.2) is 8.07 Å². The van der Waals surface area contributed by atoms with E-state index in [9.17, 15) is 8.78 Å². The van der Waals surface area contributed by atoms with E-state index in [1.165, 1.54) is 18.2 Å². The summed E-state index contributed by atoms with van der Waals surface area (Å²) in [6.45, 7) is 12.7. The van der Waals surface area contributed by atoms with Crippen molar-refractivity contribution in [3.63, 3.8) is 0 Å². The van der Waals surface area contributed by atoms with Gasteiger partial charge in [-0.05, 0) is 28.8 Å². The van der Waals surface area contributed by atoms with Crippen molar-refractivity contribution < 1.29 is 8.78 Å². The van der Waals surface area contributed by atoms with Crippen LogP contribution >= 0.6 is 0 Å². The molecule has 0 unspecified atom stereocenters. The fourth-order valence-electron chi connectivity index (χ4n) is 3.78. The van der Waals surface area contributed by atoms with E-state index < -0.39 is 8.07 Å². The largest absolute Gasteiger partial charge is 0.207 e. The number of halogens is 2. The molecule has 0 atom stereocenters. The van der Waals surface area contributed by atoms with Crippen LogP contribution in [0.1, 0.15) is 41.5 Å². The van der Waals surface area contributed by atoms with Crippen LogP contribution in [0.25, 0.3) is 0 Å². The minimum atomic E-state index is -2.24. The first-order valence-electron chi connectivity index (χ1n) is 6.70. The molecule has 102 valence electrons. The highest BCUT2D eigenvalue weighted by molar-refractivity contribution is 6.95. The molecular weight excluding hydrogens is 246 g/mol. The van der Waals surface area contributed by atoms with Crippen LogP contribution in [-0.2, 0) is 0 Å². The third-order valence-electron chi connectivity index (χ3n) is 4.26. The molecule has 1 aromatic rings. The predicted molar refractivity (Wildman–Crippen MR) is 77.0 cm³/mol. The smallest absolute Gasteiger partial charge is 0.125 e. The molecule has 0 fully saturated rings. The third kappa shape index (κ3) is 2.25. The average Bonchev–Trinajstić information content (AvgIpc) is 2.21. The van der Waals surface area contributed by atoms with Gasteiger partial charge in [-0.3, -0.25) is 0 Å². The normalized spacial score (nSPS) is 12.8. The van der Waals surface area contributed by atoms with Crippen LogP contribution in [0.2, 0.25) is 16.6 Å². The van der Waals surface area contributed by atoms with E-state index in [4.69, 9.17) is 0 Å². The Kier molecular flexibility index (Phi) is 4.70. The minimum absolute atomic E-state index is 0.309. The lowest BCUT2D eigenvalue weighted by Crippen LogP contribution is -2.58. The van der Waals surface area contributed by atoms with Crippen LogP contribution in [0.15, 0.2) is 18.2 Å². The summed E-state index contributed by atoms with van der Waals surface area (Å²) >= 11 is 0. The van der Waals surface area contributed by atoms with Gasteiger partial charge in [0.25, 0.3) is 0 Å². The Hall–Kier alpha value is -0.703. The molecule has 0 N–H and O–H groups in total. The van der Waals surface area contributed by atoms with E-state index in [0.717, 1.165) is 0 Å². The molecule has 1 rings (SSSR count). The summed E-state index contributed by atoms with van der Waals surface area (Å²) in [5, 5.41) is 0.394. The molecule has 0 spiro atoms. The molecule has 0 aromatic heterocycles. The zero-order valence-electron chi connectivity index (χ0n) is 12.2. The third-order valence-corrected chi connectivity index (χ3v) is 11.3. The zero-order chi connectivity index (χ0) is 14.1. The second-order valence-corrected chi connectivity index (χ2v) is 11.8. The minimum Gasteiger partial charge on any atom is -0.207 e. The monoisotopic (exact) mass is 270 g/mol. The fourth-order valence-corrected chi connectivity index (χ4v) is 10.5. The second-order valence-electron chi connectivity index (χ2n) is 5.99. The Morgan fingerprint density at radius 2 is 1.11 bits per heavy atom. The van der Waals surface area contributed by atoms with Crippen LogP contribution in [0.3, 0.4) is 0 Å². The van der Waals surface area contributed by atoms with Gasteiger partial charge in [-0.1, -0.05) is 47.6 Å². The van der Waals surface area contributed by atoms with E-state index in [0.29, 0.717) is 21.8 Å². The summed E-state index contributed by atoms with van der Waals surface area (Å²) in [4.78, 5) is 0. The maximum Gasteiger partial charge on any atom is 0.125 e. The van der Waals surface area contributed by atoms with Crippen molar-refractivity contribution >= 4 is 13.3 Å². The topological polar surface area (TPSA) is 0 Å². The average molecular weight is 270 g/mol. The van der Waals surface area contributed by atoms with Gasteiger partial charge in [0.2, 0.25) is 0 Å². The Balaban J connectivity index is 3.63. The standard InChI is InChI=1S/C15H24F2Si/c1-10(2)18(11(3)4,12(5)6)15-13(16)8-7-9-14(15)17/h7-12H,1-6H3. The first kappa shape index (κ1) is 15.4. The summed E-state index contributed by atoms with van der Waals surface area (Å²) in [6.07, 6.45) is 0. The van der Waals surface area contributed by atoms with Gasteiger partial charge in [0, 0.05) is 5.19 Å². The van der Waals surface area contributed by atoms with Crippen molar-refractivity contribution in [2.75, 3.05) is 0 Å². The fraction of sp³-hybridized carbons (Fsp3) is 0.600. The highest BCUT2D eigenvalue weighted by Crippen LogP contribution is 2.41. The molecule has 0 saturated heterocycles. The lowest BCUT2D eigenvalue weighted by atomic mass is 10.3. The lowest BCUT2D eigenvalue weighted by molar-refractivity contribution is 0.591. The molecule has 1 aromatic carbocycles. The van der Waals surface area contributed by atoms with Gasteiger partial charge in [0.1, 0.15) is 19.7 Å². The highest BCUT2D eigenvalue weighted by atomic mass is 28.3. The Morgan fingerprint density at radius 3 is 1.39 bits per heavy atom. The van der Waals surface area contributed by atoms with E-state index in [2.05, 4.69) is 41.5 Å². The Labute approximate surface area is 110 Å². The van der Waals surface area contributed by atoms with E-state index in [1.807, 2.05) is 0 Å². The predicted octanol–water partition coefficient (Wildman–Crippen LogP) is 4.85. The molecule has 18 heavy (non-hydrogen) atoms. The van der Waals surface area contributed by atoms with E-state index in [1.54, 1.807) is 0 Å². The number of benzene rings is 1. The van der Waals surface area contributed by atoms with Crippen molar-refractivity contribution in [2.24, 2.45) is 0 Å². The van der Waals surface area contributed by atoms with Crippen molar-refractivity contribution in [2.45, 2.75) is 58.2 Å². The first-order chi connectivity index (χ1) is 8.26. The molecule has 0 radical (unpaired) electrons. The number of rotatable bonds is 4. The summed E-state index contributed by atoms with van der Waals surface area (Å²) in [5.74, 6) is -0.726. The quantitative estimate of drug-likeness (QED) is 0.686. The van der Waals surface area contributed by atoms with Crippen molar-refractivity contribution in [3.05, 3.63) is 29.8 Å². The second kappa shape index (κ2) is 5.51. The molecule has 0 aliphatic rings. The number of hydrogen-bond acceptors (Lipinski definition) is 0. The summed E-state index contributed by atoms with van der Waals surface area (Å²) in [7, 11) is -2.24. The maximum absolute atomic E-state index is 14.2. The van der Waals surface area contributed by atoms with Crippen molar-refractivity contribution in [3.8, 4) is 0 Å². The van der Waals surface area contributed by atoms with Gasteiger partial charge in [-0.25, -0.2) is 8.78 Å². The lowest BCUT2D eigenvalue weighted by Gasteiger charge is -2.43. The van der Waals surface area contributed by atoms with Crippen LogP contribution in [0.4, 0.5) is 8.78 Å². The summed E-state index contributed by atoms with van der Waals surface area (Å²) in [6, 6.07) is 4.24. The number of hydrogen-bond donors (Lipinski definition) is 0. The summed E-state index contributed by atoms with van der Waals surface area (Å²) in [5.41, 5.74) is 0.927. The zero-order valence-corrected chi connectivity index (χ0v) is 13.2. The van der Waals surface area contributed by atoms with Gasteiger partial charge in [0.15, 0.2) is 0 Å². The molecule has 0 aliphatic carbocycles. The molecule has 0 bridgehead atoms. The molecule has 0 amide bonds. The molecule has 0 aliphatic heterocycles. The van der Waals surface area contributed by atoms with E-state index in [-0.39, 0.29) is 11.6 Å². The Bertz CT molecular complexity index is 369. The van der Waals surface area contributed by atoms with Crippen molar-refractivity contribution in [1.82, 2.24) is 0 Å².